The number of pyridine rings is 1. The molecule has 0 saturated carbocycles. The lowest BCUT2D eigenvalue weighted by atomic mass is 10.2. The van der Waals surface area contributed by atoms with Gasteiger partial charge in [-0.3, -0.25) is 9.59 Å². The van der Waals surface area contributed by atoms with E-state index in [4.69, 9.17) is 5.11 Å². The predicted molar refractivity (Wildman–Crippen MR) is 92.4 cm³/mol. The van der Waals surface area contributed by atoms with Crippen LogP contribution in [0.1, 0.15) is 21.6 Å². The second kappa shape index (κ2) is 8.36. The third-order valence-electron chi connectivity index (χ3n) is 3.15. The summed E-state index contributed by atoms with van der Waals surface area (Å²) in [7, 11) is 0. The summed E-state index contributed by atoms with van der Waals surface area (Å²) < 4.78 is 0. The van der Waals surface area contributed by atoms with E-state index >= 15 is 0 Å². The number of aromatic hydroxyl groups is 1. The van der Waals surface area contributed by atoms with E-state index in [1.807, 2.05) is 31.2 Å². The van der Waals surface area contributed by atoms with Crippen molar-refractivity contribution in [3.63, 3.8) is 0 Å². The van der Waals surface area contributed by atoms with E-state index in [9.17, 15) is 14.7 Å². The Morgan fingerprint density at radius 1 is 1.24 bits per heavy atom. The van der Waals surface area contributed by atoms with Crippen LogP contribution < -0.4 is 10.6 Å². The lowest BCUT2D eigenvalue weighted by Crippen LogP contribution is -2.29. The SMILES string of the molecule is Cc1ccc(NCC#Cc2cnc(C(=O)NCC(=O)O)c(O)c2)cc1. The zero-order valence-corrected chi connectivity index (χ0v) is 13.5. The van der Waals surface area contributed by atoms with Gasteiger partial charge < -0.3 is 20.8 Å². The molecule has 128 valence electrons. The van der Waals surface area contributed by atoms with Gasteiger partial charge in [-0.1, -0.05) is 29.5 Å². The van der Waals surface area contributed by atoms with Gasteiger partial charge in [0.1, 0.15) is 12.3 Å². The van der Waals surface area contributed by atoms with E-state index in [2.05, 4.69) is 27.5 Å². The number of aliphatic carboxylic acids is 1. The first-order valence-corrected chi connectivity index (χ1v) is 7.44. The highest BCUT2D eigenvalue weighted by molar-refractivity contribution is 5.96. The van der Waals surface area contributed by atoms with Crippen molar-refractivity contribution in [3.05, 3.63) is 53.3 Å². The Labute approximate surface area is 144 Å². The van der Waals surface area contributed by atoms with Crippen LogP contribution in [0.3, 0.4) is 0 Å². The maximum atomic E-state index is 11.7. The number of carboxylic acids is 1. The number of benzene rings is 1. The van der Waals surface area contributed by atoms with Crippen LogP contribution in [0, 0.1) is 18.8 Å². The molecule has 0 aliphatic rings. The molecule has 1 aromatic heterocycles. The Balaban J connectivity index is 1.95. The minimum Gasteiger partial charge on any atom is -0.505 e. The summed E-state index contributed by atoms with van der Waals surface area (Å²) in [6, 6.07) is 9.20. The number of anilines is 1. The number of nitrogens with one attached hydrogen (secondary N) is 2. The monoisotopic (exact) mass is 339 g/mol. The third kappa shape index (κ3) is 5.55. The first-order valence-electron chi connectivity index (χ1n) is 7.44. The normalized spacial score (nSPS) is 9.64. The largest absolute Gasteiger partial charge is 0.505 e. The van der Waals surface area contributed by atoms with Gasteiger partial charge in [0.2, 0.25) is 0 Å². The molecule has 1 amide bonds. The summed E-state index contributed by atoms with van der Waals surface area (Å²) in [5, 5.41) is 23.6. The number of amides is 1. The van der Waals surface area contributed by atoms with Gasteiger partial charge in [-0.2, -0.15) is 0 Å². The van der Waals surface area contributed by atoms with Crippen LogP contribution in [-0.2, 0) is 4.79 Å². The average Bonchev–Trinajstić information content (AvgIpc) is 2.58. The van der Waals surface area contributed by atoms with Gasteiger partial charge in [0.05, 0.1) is 6.54 Å². The Bertz CT molecular complexity index is 836. The van der Waals surface area contributed by atoms with Crippen LogP contribution in [0.5, 0.6) is 5.75 Å². The summed E-state index contributed by atoms with van der Waals surface area (Å²) in [5.74, 6) is 3.41. The Morgan fingerprint density at radius 3 is 2.60 bits per heavy atom. The molecule has 0 aliphatic heterocycles. The number of aromatic nitrogens is 1. The van der Waals surface area contributed by atoms with Crippen LogP contribution in [0.15, 0.2) is 36.5 Å². The topological polar surface area (TPSA) is 112 Å². The molecule has 1 heterocycles. The Kier molecular flexibility index (Phi) is 5.96. The number of nitrogens with zero attached hydrogens (tertiary/aromatic N) is 1. The van der Waals surface area contributed by atoms with Crippen LogP contribution in [-0.4, -0.2) is 40.2 Å². The molecular formula is C18H17N3O4. The molecule has 7 heteroatoms. The molecule has 0 unspecified atom stereocenters. The number of carboxylic acid groups (broad SMARTS) is 1. The molecule has 2 rings (SSSR count). The van der Waals surface area contributed by atoms with E-state index in [0.717, 1.165) is 5.69 Å². The van der Waals surface area contributed by atoms with E-state index in [-0.39, 0.29) is 11.4 Å². The summed E-state index contributed by atoms with van der Waals surface area (Å²) in [6.07, 6.45) is 1.34. The highest BCUT2D eigenvalue weighted by Gasteiger charge is 2.13. The number of carbonyl (C=O) groups is 2. The molecule has 0 saturated heterocycles. The summed E-state index contributed by atoms with van der Waals surface area (Å²) in [4.78, 5) is 25.9. The fourth-order valence-corrected chi connectivity index (χ4v) is 1.90. The zero-order chi connectivity index (χ0) is 18.2. The van der Waals surface area contributed by atoms with Crippen LogP contribution in [0.25, 0.3) is 0 Å². The lowest BCUT2D eigenvalue weighted by molar-refractivity contribution is -0.135. The molecule has 1 aromatic carbocycles. The van der Waals surface area contributed by atoms with Gasteiger partial charge in [0, 0.05) is 17.4 Å². The predicted octanol–water partition coefficient (Wildman–Crippen LogP) is 1.37. The summed E-state index contributed by atoms with van der Waals surface area (Å²) in [5.41, 5.74) is 2.32. The number of aryl methyl sites for hydroxylation is 1. The van der Waals surface area contributed by atoms with E-state index in [1.54, 1.807) is 0 Å². The van der Waals surface area contributed by atoms with Crippen molar-refractivity contribution < 1.29 is 19.8 Å². The quantitative estimate of drug-likeness (QED) is 0.612. The lowest BCUT2D eigenvalue weighted by Gasteiger charge is -2.04. The van der Waals surface area contributed by atoms with Gasteiger partial charge >= 0.3 is 5.97 Å². The van der Waals surface area contributed by atoms with Crippen LogP contribution in [0.2, 0.25) is 0 Å². The number of hydrogen-bond acceptors (Lipinski definition) is 5. The highest BCUT2D eigenvalue weighted by atomic mass is 16.4. The van der Waals surface area contributed by atoms with Crippen molar-refractivity contribution in [1.82, 2.24) is 10.3 Å². The van der Waals surface area contributed by atoms with Crippen LogP contribution >= 0.6 is 0 Å². The third-order valence-corrected chi connectivity index (χ3v) is 3.15. The van der Waals surface area contributed by atoms with Crippen molar-refractivity contribution in [1.29, 1.82) is 0 Å². The molecule has 4 N–H and O–H groups in total. The second-order valence-electron chi connectivity index (χ2n) is 5.19. The van der Waals surface area contributed by atoms with Gasteiger partial charge in [0.25, 0.3) is 5.91 Å². The molecule has 7 nitrogen and oxygen atoms in total. The van der Waals surface area contributed by atoms with E-state index < -0.39 is 18.4 Å². The first kappa shape index (κ1) is 17.8. The number of rotatable bonds is 5. The summed E-state index contributed by atoms with van der Waals surface area (Å²) >= 11 is 0. The molecule has 25 heavy (non-hydrogen) atoms. The van der Waals surface area contributed by atoms with Crippen molar-refractivity contribution >= 4 is 17.6 Å². The van der Waals surface area contributed by atoms with Gasteiger partial charge in [-0.05, 0) is 25.1 Å². The van der Waals surface area contributed by atoms with E-state index in [1.165, 1.54) is 17.8 Å². The molecule has 0 fully saturated rings. The minimum absolute atomic E-state index is 0.246. The van der Waals surface area contributed by atoms with Gasteiger partial charge in [-0.15, -0.1) is 0 Å². The standard InChI is InChI=1S/C18H17N3O4/c1-12-4-6-14(7-5-12)19-8-2-3-13-9-15(22)17(20-10-13)18(25)21-11-16(23)24/h4-7,9-10,19,22H,8,11H2,1H3,(H,21,25)(H,23,24). The minimum atomic E-state index is -1.18. The molecule has 0 radical (unpaired) electrons. The maximum Gasteiger partial charge on any atom is 0.322 e. The average molecular weight is 339 g/mol. The Morgan fingerprint density at radius 2 is 1.96 bits per heavy atom. The second-order valence-corrected chi connectivity index (χ2v) is 5.19. The van der Waals surface area contributed by atoms with Crippen molar-refractivity contribution in [3.8, 4) is 17.6 Å². The van der Waals surface area contributed by atoms with Gasteiger partial charge in [-0.25, -0.2) is 4.98 Å². The Hall–Kier alpha value is -3.53. The molecule has 0 bridgehead atoms. The van der Waals surface area contributed by atoms with E-state index in [0.29, 0.717) is 12.1 Å². The van der Waals surface area contributed by atoms with Crippen molar-refractivity contribution in [2.45, 2.75) is 6.92 Å². The fraction of sp³-hybridized carbons (Fsp3) is 0.167. The molecular weight excluding hydrogens is 322 g/mol. The number of hydrogen-bond donors (Lipinski definition) is 4. The summed E-state index contributed by atoms with van der Waals surface area (Å²) in [6.45, 7) is 1.87. The van der Waals surface area contributed by atoms with Crippen LogP contribution in [0.4, 0.5) is 5.69 Å². The van der Waals surface area contributed by atoms with Crippen molar-refractivity contribution in [2.24, 2.45) is 0 Å². The molecule has 2 aromatic rings. The highest BCUT2D eigenvalue weighted by Crippen LogP contribution is 2.15. The molecule has 0 atom stereocenters. The fourth-order valence-electron chi connectivity index (χ4n) is 1.90. The maximum absolute atomic E-state index is 11.7. The smallest absolute Gasteiger partial charge is 0.322 e. The molecule has 0 aliphatic carbocycles. The first-order chi connectivity index (χ1) is 12.0. The molecule has 0 spiro atoms. The zero-order valence-electron chi connectivity index (χ0n) is 13.5. The van der Waals surface area contributed by atoms with Crippen molar-refractivity contribution in [2.75, 3.05) is 18.4 Å². The van der Waals surface area contributed by atoms with Gasteiger partial charge in [0.15, 0.2) is 5.69 Å². The number of carbonyl (C=O) groups excluding carboxylic acids is 1.